The van der Waals surface area contributed by atoms with Gasteiger partial charge >= 0.3 is 6.92 Å². The third-order valence-electron chi connectivity index (χ3n) is 2.60. The van der Waals surface area contributed by atoms with Crippen LogP contribution < -0.4 is 10.9 Å². The maximum Gasteiger partial charge on any atom is 0.358 e. The Kier molecular flexibility index (Phi) is 2.97. The molecule has 0 atom stereocenters. The second kappa shape index (κ2) is 4.41. The zero-order chi connectivity index (χ0) is 11.5. The maximum absolute atomic E-state index is 10.1. The topological polar surface area (TPSA) is 40.5 Å². The summed E-state index contributed by atoms with van der Waals surface area (Å²) < 4.78 is 0. The van der Waals surface area contributed by atoms with Gasteiger partial charge in [-0.15, -0.1) is 0 Å². The number of phenolic OH excluding ortho intramolecular Hbond substituents is 1. The SMILES string of the molecule is Cc1ccc(B(O)c2ccc(O)cc2)cc1. The van der Waals surface area contributed by atoms with E-state index in [0.29, 0.717) is 0 Å². The minimum absolute atomic E-state index is 0.208. The molecule has 16 heavy (non-hydrogen) atoms. The Bertz CT molecular complexity index is 417. The Morgan fingerprint density at radius 2 is 1.25 bits per heavy atom. The lowest BCUT2D eigenvalue weighted by Crippen LogP contribution is -2.42. The van der Waals surface area contributed by atoms with E-state index in [0.717, 1.165) is 10.9 Å². The molecule has 0 radical (unpaired) electrons. The van der Waals surface area contributed by atoms with Crippen LogP contribution in [0.15, 0.2) is 48.5 Å². The molecule has 0 aliphatic rings. The number of aromatic hydroxyl groups is 1. The van der Waals surface area contributed by atoms with Crippen molar-refractivity contribution >= 4 is 17.8 Å². The van der Waals surface area contributed by atoms with Crippen molar-refractivity contribution in [3.63, 3.8) is 0 Å². The summed E-state index contributed by atoms with van der Waals surface area (Å²) in [5.74, 6) is 0.208. The van der Waals surface area contributed by atoms with Gasteiger partial charge in [-0.3, -0.25) is 0 Å². The smallest absolute Gasteiger partial charge is 0.358 e. The monoisotopic (exact) mass is 212 g/mol. The van der Waals surface area contributed by atoms with Crippen LogP contribution >= 0.6 is 0 Å². The molecule has 3 heteroatoms. The molecule has 0 aliphatic heterocycles. The highest BCUT2D eigenvalue weighted by atomic mass is 16.3. The Hall–Kier alpha value is -1.74. The number of hydrogen-bond acceptors (Lipinski definition) is 2. The molecule has 0 saturated carbocycles. The van der Waals surface area contributed by atoms with Gasteiger partial charge in [-0.05, 0) is 30.0 Å². The summed E-state index contributed by atoms with van der Waals surface area (Å²) in [5.41, 5.74) is 2.81. The summed E-state index contributed by atoms with van der Waals surface area (Å²) >= 11 is 0. The molecule has 0 saturated heterocycles. The average Bonchev–Trinajstić information content (AvgIpc) is 2.30. The minimum atomic E-state index is -0.638. The maximum atomic E-state index is 10.1. The van der Waals surface area contributed by atoms with Crippen LogP contribution in [-0.4, -0.2) is 17.0 Å². The standard InChI is InChI=1S/C13H13BO2/c1-10-2-4-11(5-3-10)14(16)12-6-8-13(15)9-7-12/h2-9,15-16H,1H3. The first kappa shape index (κ1) is 10.8. The molecule has 2 aromatic rings. The molecule has 2 aromatic carbocycles. The van der Waals surface area contributed by atoms with E-state index in [4.69, 9.17) is 5.11 Å². The summed E-state index contributed by atoms with van der Waals surface area (Å²) in [6.07, 6.45) is 0. The van der Waals surface area contributed by atoms with E-state index in [1.165, 1.54) is 5.56 Å². The van der Waals surface area contributed by atoms with Gasteiger partial charge in [0, 0.05) is 0 Å². The van der Waals surface area contributed by atoms with Crippen LogP contribution in [0.25, 0.3) is 0 Å². The Balaban J connectivity index is 2.28. The first-order valence-electron chi connectivity index (χ1n) is 5.20. The van der Waals surface area contributed by atoms with Gasteiger partial charge in [0.05, 0.1) is 0 Å². The normalized spacial score (nSPS) is 10.1. The molecule has 2 N–H and O–H groups in total. The fourth-order valence-corrected chi connectivity index (χ4v) is 1.60. The lowest BCUT2D eigenvalue weighted by atomic mass is 9.56. The van der Waals surface area contributed by atoms with E-state index < -0.39 is 6.92 Å². The van der Waals surface area contributed by atoms with Crippen LogP contribution in [0, 0.1) is 6.92 Å². The highest BCUT2D eigenvalue weighted by Gasteiger charge is 2.16. The number of hydrogen-bond donors (Lipinski definition) is 2. The van der Waals surface area contributed by atoms with Crippen LogP contribution in [0.3, 0.4) is 0 Å². The Labute approximate surface area is 95.3 Å². The van der Waals surface area contributed by atoms with Gasteiger partial charge in [0.1, 0.15) is 5.75 Å². The van der Waals surface area contributed by atoms with E-state index in [2.05, 4.69) is 0 Å². The number of phenols is 1. The third-order valence-corrected chi connectivity index (χ3v) is 2.60. The van der Waals surface area contributed by atoms with Crippen molar-refractivity contribution in [2.45, 2.75) is 6.92 Å². The lowest BCUT2D eigenvalue weighted by Gasteiger charge is -2.07. The summed E-state index contributed by atoms with van der Waals surface area (Å²) in [7, 11) is 0. The predicted octanol–water partition coefficient (Wildman–Crippen LogP) is 0.799. The highest BCUT2D eigenvalue weighted by Crippen LogP contribution is 2.03. The number of rotatable bonds is 2. The van der Waals surface area contributed by atoms with Gasteiger partial charge in [-0.25, -0.2) is 0 Å². The molecule has 0 bridgehead atoms. The van der Waals surface area contributed by atoms with Crippen molar-refractivity contribution in [3.05, 3.63) is 54.1 Å². The molecule has 0 unspecified atom stereocenters. The second-order valence-corrected chi connectivity index (χ2v) is 3.90. The van der Waals surface area contributed by atoms with Crippen LogP contribution in [0.5, 0.6) is 5.75 Å². The molecule has 2 rings (SSSR count). The molecule has 0 spiro atoms. The lowest BCUT2D eigenvalue weighted by molar-refractivity contribution is 0.475. The molecule has 0 aliphatic carbocycles. The van der Waals surface area contributed by atoms with Crippen LogP contribution in [0.1, 0.15) is 5.56 Å². The molecular weight excluding hydrogens is 199 g/mol. The van der Waals surface area contributed by atoms with E-state index in [1.807, 2.05) is 31.2 Å². The Morgan fingerprint density at radius 3 is 1.75 bits per heavy atom. The van der Waals surface area contributed by atoms with Crippen molar-refractivity contribution in [2.24, 2.45) is 0 Å². The van der Waals surface area contributed by atoms with E-state index in [9.17, 15) is 5.02 Å². The van der Waals surface area contributed by atoms with Crippen LogP contribution in [0.4, 0.5) is 0 Å². The van der Waals surface area contributed by atoms with Crippen molar-refractivity contribution in [1.82, 2.24) is 0 Å². The van der Waals surface area contributed by atoms with Gasteiger partial charge in [0.15, 0.2) is 0 Å². The first-order valence-corrected chi connectivity index (χ1v) is 5.20. The summed E-state index contributed by atoms with van der Waals surface area (Å²) in [6.45, 7) is 1.37. The summed E-state index contributed by atoms with van der Waals surface area (Å²) in [4.78, 5) is 0. The van der Waals surface area contributed by atoms with E-state index in [-0.39, 0.29) is 5.75 Å². The van der Waals surface area contributed by atoms with Gasteiger partial charge in [-0.1, -0.05) is 42.0 Å². The molecule has 0 fully saturated rings. The van der Waals surface area contributed by atoms with Crippen molar-refractivity contribution in [2.75, 3.05) is 0 Å². The zero-order valence-electron chi connectivity index (χ0n) is 9.09. The zero-order valence-corrected chi connectivity index (χ0v) is 9.09. The van der Waals surface area contributed by atoms with Crippen molar-refractivity contribution in [3.8, 4) is 5.75 Å². The van der Waals surface area contributed by atoms with Crippen LogP contribution in [0.2, 0.25) is 0 Å². The molecule has 2 nitrogen and oxygen atoms in total. The fraction of sp³-hybridized carbons (Fsp3) is 0.0769. The molecule has 80 valence electrons. The summed E-state index contributed by atoms with van der Waals surface area (Å²) in [5, 5.41) is 19.3. The van der Waals surface area contributed by atoms with Crippen molar-refractivity contribution < 1.29 is 10.1 Å². The van der Waals surface area contributed by atoms with Gasteiger partial charge in [-0.2, -0.15) is 0 Å². The molecule has 0 heterocycles. The fourth-order valence-electron chi connectivity index (χ4n) is 1.60. The van der Waals surface area contributed by atoms with E-state index in [1.54, 1.807) is 24.3 Å². The molecular formula is C13H13BO2. The first-order chi connectivity index (χ1) is 7.66. The highest BCUT2D eigenvalue weighted by molar-refractivity contribution is 6.78. The Morgan fingerprint density at radius 1 is 0.812 bits per heavy atom. The van der Waals surface area contributed by atoms with Gasteiger partial charge < -0.3 is 10.1 Å². The average molecular weight is 212 g/mol. The van der Waals surface area contributed by atoms with Crippen LogP contribution in [-0.2, 0) is 0 Å². The minimum Gasteiger partial charge on any atom is -0.508 e. The summed E-state index contributed by atoms with van der Waals surface area (Å²) in [6, 6.07) is 14.4. The largest absolute Gasteiger partial charge is 0.508 e. The predicted molar refractivity (Wildman–Crippen MR) is 66.5 cm³/mol. The second-order valence-electron chi connectivity index (χ2n) is 3.90. The van der Waals surface area contributed by atoms with E-state index >= 15 is 0 Å². The molecule has 0 aromatic heterocycles. The van der Waals surface area contributed by atoms with Crippen molar-refractivity contribution in [1.29, 1.82) is 0 Å². The number of benzene rings is 2. The quantitative estimate of drug-likeness (QED) is 0.722. The third kappa shape index (κ3) is 2.26. The number of aryl methyl sites for hydroxylation is 1. The molecule has 0 amide bonds. The van der Waals surface area contributed by atoms with Gasteiger partial charge in [0.25, 0.3) is 0 Å². The van der Waals surface area contributed by atoms with Gasteiger partial charge in [0.2, 0.25) is 0 Å².